The highest BCUT2D eigenvalue weighted by molar-refractivity contribution is 7.99. The summed E-state index contributed by atoms with van der Waals surface area (Å²) in [6.45, 7) is 4.70. The van der Waals surface area contributed by atoms with Crippen LogP contribution in [0.3, 0.4) is 0 Å². The van der Waals surface area contributed by atoms with Crippen LogP contribution in [0.2, 0.25) is 0 Å². The first kappa shape index (κ1) is 12.8. The molecule has 1 heterocycles. The van der Waals surface area contributed by atoms with Crippen LogP contribution in [0, 0.1) is 11.8 Å². The van der Waals surface area contributed by atoms with Gasteiger partial charge in [0, 0.05) is 17.8 Å². The number of rotatable bonds is 5. The molecule has 1 nitrogen and oxygen atoms in total. The molecule has 0 aromatic heterocycles. The zero-order chi connectivity index (χ0) is 11.4. The van der Waals surface area contributed by atoms with Gasteiger partial charge in [0.15, 0.2) is 0 Å². The van der Waals surface area contributed by atoms with Crippen LogP contribution in [0.5, 0.6) is 0 Å². The zero-order valence-corrected chi connectivity index (χ0v) is 11.7. The van der Waals surface area contributed by atoms with E-state index < -0.39 is 0 Å². The van der Waals surface area contributed by atoms with Crippen LogP contribution >= 0.6 is 11.8 Å². The maximum atomic E-state index is 3.93. The van der Waals surface area contributed by atoms with Gasteiger partial charge in [0.25, 0.3) is 0 Å². The lowest BCUT2D eigenvalue weighted by Crippen LogP contribution is -2.40. The van der Waals surface area contributed by atoms with Crippen LogP contribution in [-0.2, 0) is 0 Å². The second-order valence-electron chi connectivity index (χ2n) is 6.00. The van der Waals surface area contributed by atoms with E-state index in [1.807, 2.05) is 0 Å². The summed E-state index contributed by atoms with van der Waals surface area (Å²) < 4.78 is 0. The zero-order valence-electron chi connectivity index (χ0n) is 10.9. The fraction of sp³-hybridized carbons (Fsp3) is 1.00. The fourth-order valence-corrected chi connectivity index (χ4v) is 4.28. The molecule has 0 bridgehead atoms. The summed E-state index contributed by atoms with van der Waals surface area (Å²) in [6.07, 6.45) is 8.64. The molecule has 1 aliphatic carbocycles. The van der Waals surface area contributed by atoms with Crippen LogP contribution in [0.25, 0.3) is 0 Å². The third-order valence-corrected chi connectivity index (χ3v) is 5.32. The molecule has 2 rings (SSSR count). The third kappa shape index (κ3) is 3.66. The smallest absolute Gasteiger partial charge is 0.0168 e. The highest BCUT2D eigenvalue weighted by atomic mass is 32.2. The van der Waals surface area contributed by atoms with Gasteiger partial charge in [-0.3, -0.25) is 0 Å². The molecule has 94 valence electrons. The topological polar surface area (TPSA) is 12.0 Å². The van der Waals surface area contributed by atoms with E-state index in [4.69, 9.17) is 0 Å². The molecule has 1 saturated heterocycles. The van der Waals surface area contributed by atoms with Crippen LogP contribution in [0.1, 0.15) is 52.4 Å². The lowest BCUT2D eigenvalue weighted by molar-refractivity contribution is 0.330. The fourth-order valence-electron chi connectivity index (χ4n) is 3.12. The minimum absolute atomic E-state index is 0.828. The third-order valence-electron chi connectivity index (χ3n) is 4.15. The molecule has 1 aliphatic heterocycles. The first-order chi connectivity index (χ1) is 7.75. The predicted octanol–water partition coefficient (Wildman–Crippen LogP) is 3.69. The molecule has 1 saturated carbocycles. The average molecular weight is 241 g/mol. The van der Waals surface area contributed by atoms with Crippen LogP contribution in [-0.4, -0.2) is 23.6 Å². The van der Waals surface area contributed by atoms with Crippen molar-refractivity contribution < 1.29 is 0 Å². The second kappa shape index (κ2) is 6.30. The van der Waals surface area contributed by atoms with Gasteiger partial charge < -0.3 is 5.32 Å². The molecular formula is C14H27NS. The predicted molar refractivity (Wildman–Crippen MR) is 74.1 cm³/mol. The largest absolute Gasteiger partial charge is 0.310 e. The molecule has 3 atom stereocenters. The van der Waals surface area contributed by atoms with E-state index in [0.29, 0.717) is 0 Å². The molecule has 0 aromatic rings. The quantitative estimate of drug-likeness (QED) is 0.788. The Morgan fingerprint density at radius 2 is 2.12 bits per heavy atom. The van der Waals surface area contributed by atoms with E-state index in [1.54, 1.807) is 0 Å². The van der Waals surface area contributed by atoms with Crippen molar-refractivity contribution in [1.82, 2.24) is 5.32 Å². The van der Waals surface area contributed by atoms with Crippen molar-refractivity contribution in [2.75, 3.05) is 11.5 Å². The van der Waals surface area contributed by atoms with Gasteiger partial charge in [-0.25, -0.2) is 0 Å². The van der Waals surface area contributed by atoms with E-state index in [0.717, 1.165) is 23.9 Å². The van der Waals surface area contributed by atoms with Gasteiger partial charge in [0.2, 0.25) is 0 Å². The van der Waals surface area contributed by atoms with Gasteiger partial charge in [-0.1, -0.05) is 26.7 Å². The van der Waals surface area contributed by atoms with Crippen molar-refractivity contribution in [2.24, 2.45) is 11.8 Å². The molecular weight excluding hydrogens is 214 g/mol. The Morgan fingerprint density at radius 1 is 1.25 bits per heavy atom. The minimum Gasteiger partial charge on any atom is -0.310 e. The minimum atomic E-state index is 0.828. The maximum absolute atomic E-state index is 3.93. The first-order valence-corrected chi connectivity index (χ1v) is 8.25. The normalized spacial score (nSPS) is 35.1. The van der Waals surface area contributed by atoms with Crippen molar-refractivity contribution in [3.63, 3.8) is 0 Å². The summed E-state index contributed by atoms with van der Waals surface area (Å²) in [5, 5.41) is 3.93. The Labute approximate surface area is 105 Å². The maximum Gasteiger partial charge on any atom is 0.0168 e. The molecule has 16 heavy (non-hydrogen) atoms. The lowest BCUT2D eigenvalue weighted by atomic mass is 9.93. The molecule has 2 heteroatoms. The van der Waals surface area contributed by atoms with Crippen molar-refractivity contribution in [3.8, 4) is 0 Å². The average Bonchev–Trinajstić information content (AvgIpc) is 2.87. The Kier molecular flexibility index (Phi) is 5.02. The number of hydrogen-bond acceptors (Lipinski definition) is 2. The summed E-state index contributed by atoms with van der Waals surface area (Å²) in [7, 11) is 0. The van der Waals surface area contributed by atoms with E-state index in [-0.39, 0.29) is 0 Å². The van der Waals surface area contributed by atoms with Crippen LogP contribution < -0.4 is 5.32 Å². The van der Waals surface area contributed by atoms with Gasteiger partial charge in [0.05, 0.1) is 0 Å². The summed E-state index contributed by atoms with van der Waals surface area (Å²) >= 11 is 2.12. The molecule has 0 spiro atoms. The number of nitrogens with one attached hydrogen (secondary N) is 1. The Morgan fingerprint density at radius 3 is 2.81 bits per heavy atom. The molecule has 0 aromatic carbocycles. The van der Waals surface area contributed by atoms with Gasteiger partial charge in [-0.2, -0.15) is 11.8 Å². The standard InChI is InChI=1S/C14H27NS/c1-11(2)6-7-12-4-3-5-14(12)15-13-8-9-16-10-13/h11-15H,3-10H2,1-2H3. The Bertz CT molecular complexity index is 199. The van der Waals surface area contributed by atoms with E-state index in [9.17, 15) is 0 Å². The molecule has 0 radical (unpaired) electrons. The van der Waals surface area contributed by atoms with Gasteiger partial charge in [0.1, 0.15) is 0 Å². The summed E-state index contributed by atoms with van der Waals surface area (Å²) in [5.41, 5.74) is 0. The molecule has 2 fully saturated rings. The van der Waals surface area contributed by atoms with Crippen molar-refractivity contribution >= 4 is 11.8 Å². The number of hydrogen-bond donors (Lipinski definition) is 1. The van der Waals surface area contributed by atoms with Crippen LogP contribution in [0.15, 0.2) is 0 Å². The highest BCUT2D eigenvalue weighted by Crippen LogP contribution is 2.32. The molecule has 3 unspecified atom stereocenters. The van der Waals surface area contributed by atoms with E-state index >= 15 is 0 Å². The van der Waals surface area contributed by atoms with Crippen molar-refractivity contribution in [3.05, 3.63) is 0 Å². The molecule has 1 N–H and O–H groups in total. The summed E-state index contributed by atoms with van der Waals surface area (Å²) in [6, 6.07) is 1.68. The summed E-state index contributed by atoms with van der Waals surface area (Å²) in [5.74, 6) is 4.59. The van der Waals surface area contributed by atoms with Gasteiger partial charge in [-0.05, 0) is 43.3 Å². The highest BCUT2D eigenvalue weighted by Gasteiger charge is 2.29. The van der Waals surface area contributed by atoms with E-state index in [1.165, 1.54) is 50.0 Å². The second-order valence-corrected chi connectivity index (χ2v) is 7.15. The van der Waals surface area contributed by atoms with Gasteiger partial charge in [-0.15, -0.1) is 0 Å². The van der Waals surface area contributed by atoms with Crippen molar-refractivity contribution in [2.45, 2.75) is 64.5 Å². The Balaban J connectivity index is 1.73. The summed E-state index contributed by atoms with van der Waals surface area (Å²) in [4.78, 5) is 0. The first-order valence-electron chi connectivity index (χ1n) is 7.09. The molecule has 2 aliphatic rings. The lowest BCUT2D eigenvalue weighted by Gasteiger charge is -2.25. The van der Waals surface area contributed by atoms with Crippen LogP contribution in [0.4, 0.5) is 0 Å². The Hall–Kier alpha value is 0.310. The van der Waals surface area contributed by atoms with Crippen molar-refractivity contribution in [1.29, 1.82) is 0 Å². The molecule has 0 amide bonds. The van der Waals surface area contributed by atoms with Gasteiger partial charge >= 0.3 is 0 Å². The van der Waals surface area contributed by atoms with E-state index in [2.05, 4.69) is 30.9 Å². The monoisotopic (exact) mass is 241 g/mol. The SMILES string of the molecule is CC(C)CCC1CCCC1NC1CCSC1. The number of thioether (sulfide) groups is 1.